The van der Waals surface area contributed by atoms with Crippen LogP contribution in [-0.2, 0) is 4.74 Å². The highest BCUT2D eigenvalue weighted by Crippen LogP contribution is 2.24. The first-order valence-electron chi connectivity index (χ1n) is 6.29. The zero-order valence-corrected chi connectivity index (χ0v) is 10.2. The molecule has 1 aliphatic heterocycles. The number of nitrogens with one attached hydrogen (secondary N) is 1. The van der Waals surface area contributed by atoms with Crippen molar-refractivity contribution in [1.82, 2.24) is 4.98 Å². The van der Waals surface area contributed by atoms with Crippen molar-refractivity contribution in [3.63, 3.8) is 0 Å². The van der Waals surface area contributed by atoms with Crippen LogP contribution in [0.2, 0.25) is 0 Å². The molecule has 1 fully saturated rings. The molecule has 96 valence electrons. The number of rotatable bonds is 3. The van der Waals surface area contributed by atoms with Crippen LogP contribution in [-0.4, -0.2) is 24.7 Å². The van der Waals surface area contributed by atoms with E-state index in [0.29, 0.717) is 17.6 Å². The first kappa shape index (κ1) is 11.3. The van der Waals surface area contributed by atoms with Gasteiger partial charge in [-0.15, -0.1) is 0 Å². The number of nitrogens with two attached hydrogens (primary N) is 1. The Bertz CT molecular complexity index is 532. The lowest BCUT2D eigenvalue weighted by molar-refractivity contribution is 0.0593. The van der Waals surface area contributed by atoms with Gasteiger partial charge in [-0.3, -0.25) is 0 Å². The molecule has 5 nitrogen and oxygen atoms in total. The van der Waals surface area contributed by atoms with E-state index in [-0.39, 0.29) is 0 Å². The molecule has 0 saturated carbocycles. The molecule has 5 heteroatoms. The molecule has 0 radical (unpaired) electrons. The van der Waals surface area contributed by atoms with Crippen molar-refractivity contribution in [2.24, 2.45) is 5.92 Å². The molecule has 1 aliphatic rings. The van der Waals surface area contributed by atoms with Gasteiger partial charge < -0.3 is 20.2 Å². The highest BCUT2D eigenvalue weighted by molar-refractivity contribution is 5.86. The quantitative estimate of drug-likeness (QED) is 0.814. The van der Waals surface area contributed by atoms with Crippen LogP contribution in [0.3, 0.4) is 0 Å². The fourth-order valence-electron chi connectivity index (χ4n) is 2.25. The van der Waals surface area contributed by atoms with Crippen molar-refractivity contribution < 1.29 is 9.15 Å². The second kappa shape index (κ2) is 4.86. The van der Waals surface area contributed by atoms with Crippen LogP contribution in [0.25, 0.3) is 11.1 Å². The largest absolute Gasteiger partial charge is 0.423 e. The topological polar surface area (TPSA) is 73.3 Å². The molecule has 1 saturated heterocycles. The van der Waals surface area contributed by atoms with E-state index in [1.807, 2.05) is 18.2 Å². The number of hydrogen-bond donors (Lipinski definition) is 2. The lowest BCUT2D eigenvalue weighted by Gasteiger charge is -2.21. The number of aromatic nitrogens is 1. The Kier molecular flexibility index (Phi) is 3.06. The van der Waals surface area contributed by atoms with E-state index in [1.165, 1.54) is 6.42 Å². The van der Waals surface area contributed by atoms with Crippen LogP contribution < -0.4 is 11.1 Å². The van der Waals surface area contributed by atoms with Gasteiger partial charge in [-0.2, -0.15) is 4.98 Å². The minimum absolute atomic E-state index is 0.533. The first-order valence-corrected chi connectivity index (χ1v) is 6.29. The molecule has 1 unspecified atom stereocenters. The predicted octanol–water partition coefficient (Wildman–Crippen LogP) is 2.25. The maximum atomic E-state index is 5.84. The Morgan fingerprint density at radius 2 is 2.39 bits per heavy atom. The fraction of sp³-hybridized carbons (Fsp3) is 0.462. The highest BCUT2D eigenvalue weighted by atomic mass is 16.5. The number of para-hydroxylation sites is 1. The summed E-state index contributed by atoms with van der Waals surface area (Å²) < 4.78 is 11.0. The lowest BCUT2D eigenvalue weighted by atomic mass is 10.0. The molecule has 0 bridgehead atoms. The normalized spacial score (nSPS) is 20.1. The molecule has 3 rings (SSSR count). The SMILES string of the molecule is Nc1cccc2oc(NCC3CCCOC3)nc12. The number of oxazole rings is 1. The molecular formula is C13H17N3O2. The summed E-state index contributed by atoms with van der Waals surface area (Å²) >= 11 is 0. The van der Waals surface area contributed by atoms with Gasteiger partial charge in [0.1, 0.15) is 5.52 Å². The third-order valence-corrected chi connectivity index (χ3v) is 3.25. The van der Waals surface area contributed by atoms with Crippen LogP contribution >= 0.6 is 0 Å². The molecule has 0 spiro atoms. The maximum Gasteiger partial charge on any atom is 0.295 e. The zero-order chi connectivity index (χ0) is 12.4. The summed E-state index contributed by atoms with van der Waals surface area (Å²) in [6, 6.07) is 6.09. The monoisotopic (exact) mass is 247 g/mol. The number of anilines is 2. The fourth-order valence-corrected chi connectivity index (χ4v) is 2.25. The number of nitrogen functional groups attached to an aromatic ring is 1. The van der Waals surface area contributed by atoms with E-state index in [4.69, 9.17) is 14.9 Å². The van der Waals surface area contributed by atoms with E-state index in [1.54, 1.807) is 0 Å². The third kappa shape index (κ3) is 2.26. The van der Waals surface area contributed by atoms with Crippen molar-refractivity contribution in [1.29, 1.82) is 0 Å². The van der Waals surface area contributed by atoms with Gasteiger partial charge in [0.2, 0.25) is 0 Å². The summed E-state index contributed by atoms with van der Waals surface area (Å²) in [7, 11) is 0. The minimum atomic E-state index is 0.533. The van der Waals surface area contributed by atoms with Gasteiger partial charge in [0.15, 0.2) is 5.58 Å². The third-order valence-electron chi connectivity index (χ3n) is 3.25. The van der Waals surface area contributed by atoms with Gasteiger partial charge in [-0.05, 0) is 30.9 Å². The number of nitrogens with zero attached hydrogens (tertiary/aromatic N) is 1. The van der Waals surface area contributed by atoms with Gasteiger partial charge in [-0.1, -0.05) is 6.07 Å². The lowest BCUT2D eigenvalue weighted by Crippen LogP contribution is -2.24. The Balaban J connectivity index is 1.69. The molecule has 18 heavy (non-hydrogen) atoms. The van der Waals surface area contributed by atoms with Gasteiger partial charge in [0, 0.05) is 13.2 Å². The molecule has 3 N–H and O–H groups in total. The number of fused-ring (bicyclic) bond motifs is 1. The molecule has 1 aromatic heterocycles. The molecule has 1 atom stereocenters. The van der Waals surface area contributed by atoms with Crippen molar-refractivity contribution >= 4 is 22.8 Å². The smallest absolute Gasteiger partial charge is 0.295 e. The second-order valence-corrected chi connectivity index (χ2v) is 4.68. The zero-order valence-electron chi connectivity index (χ0n) is 10.2. The van der Waals surface area contributed by atoms with Crippen LogP contribution in [0, 0.1) is 5.92 Å². The Labute approximate surface area is 105 Å². The molecule has 1 aromatic carbocycles. The maximum absolute atomic E-state index is 5.84. The van der Waals surface area contributed by atoms with E-state index in [9.17, 15) is 0 Å². The minimum Gasteiger partial charge on any atom is -0.423 e. The van der Waals surface area contributed by atoms with E-state index in [0.717, 1.165) is 37.3 Å². The summed E-state index contributed by atoms with van der Waals surface area (Å²) in [4.78, 5) is 4.35. The van der Waals surface area contributed by atoms with Crippen LogP contribution in [0.15, 0.2) is 22.6 Å². The van der Waals surface area contributed by atoms with Crippen LogP contribution in [0.1, 0.15) is 12.8 Å². The Hall–Kier alpha value is -1.75. The van der Waals surface area contributed by atoms with Gasteiger partial charge in [-0.25, -0.2) is 0 Å². The Morgan fingerprint density at radius 3 is 3.17 bits per heavy atom. The summed E-state index contributed by atoms with van der Waals surface area (Å²) in [5.41, 5.74) is 7.92. The van der Waals surface area contributed by atoms with E-state index < -0.39 is 0 Å². The first-order chi connectivity index (χ1) is 8.83. The molecular weight excluding hydrogens is 230 g/mol. The number of ether oxygens (including phenoxy) is 1. The highest BCUT2D eigenvalue weighted by Gasteiger charge is 2.15. The summed E-state index contributed by atoms with van der Waals surface area (Å²) in [5.74, 6) is 0.533. The standard InChI is InChI=1S/C13H17N3O2/c14-10-4-1-5-11-12(10)16-13(18-11)15-7-9-3-2-6-17-8-9/h1,4-5,9H,2-3,6-8,14H2,(H,15,16). The predicted molar refractivity (Wildman–Crippen MR) is 70.5 cm³/mol. The average Bonchev–Trinajstić information content (AvgIpc) is 2.82. The molecule has 2 aromatic rings. The number of benzene rings is 1. The van der Waals surface area contributed by atoms with Crippen molar-refractivity contribution in [3.8, 4) is 0 Å². The van der Waals surface area contributed by atoms with Crippen molar-refractivity contribution in [2.75, 3.05) is 30.8 Å². The van der Waals surface area contributed by atoms with Gasteiger partial charge in [0.05, 0.1) is 12.3 Å². The molecule has 2 heterocycles. The van der Waals surface area contributed by atoms with Crippen LogP contribution in [0.4, 0.5) is 11.7 Å². The summed E-state index contributed by atoms with van der Waals surface area (Å²) in [5, 5.41) is 3.22. The van der Waals surface area contributed by atoms with Crippen molar-refractivity contribution in [2.45, 2.75) is 12.8 Å². The number of hydrogen-bond acceptors (Lipinski definition) is 5. The summed E-state index contributed by atoms with van der Waals surface area (Å²) in [6.45, 7) is 2.53. The van der Waals surface area contributed by atoms with Gasteiger partial charge >= 0.3 is 0 Å². The second-order valence-electron chi connectivity index (χ2n) is 4.68. The molecule has 0 amide bonds. The van der Waals surface area contributed by atoms with E-state index >= 15 is 0 Å². The van der Waals surface area contributed by atoms with Crippen LogP contribution in [0.5, 0.6) is 0 Å². The van der Waals surface area contributed by atoms with E-state index in [2.05, 4.69) is 10.3 Å². The van der Waals surface area contributed by atoms with Crippen molar-refractivity contribution in [3.05, 3.63) is 18.2 Å². The Morgan fingerprint density at radius 1 is 1.44 bits per heavy atom. The molecule has 0 aliphatic carbocycles. The van der Waals surface area contributed by atoms with Gasteiger partial charge in [0.25, 0.3) is 6.01 Å². The average molecular weight is 247 g/mol. The summed E-state index contributed by atoms with van der Waals surface area (Å²) in [6.07, 6.45) is 2.32.